The summed E-state index contributed by atoms with van der Waals surface area (Å²) in [5.41, 5.74) is 1.11. The number of tetrazole rings is 1. The van der Waals surface area contributed by atoms with Gasteiger partial charge in [0, 0.05) is 18.7 Å². The Bertz CT molecular complexity index is 1000. The fourth-order valence-electron chi connectivity index (χ4n) is 3.12. The minimum atomic E-state index is -4.62. The average molecular weight is 376 g/mol. The molecule has 0 spiro atoms. The first-order valence-electron chi connectivity index (χ1n) is 7.80. The topological polar surface area (TPSA) is 90.0 Å². The van der Waals surface area contributed by atoms with Crippen LogP contribution >= 0.6 is 0 Å². The molecule has 0 amide bonds. The lowest BCUT2D eigenvalue weighted by atomic mass is 10.1. The van der Waals surface area contributed by atoms with Gasteiger partial charge in [0.1, 0.15) is 0 Å². The van der Waals surface area contributed by atoms with E-state index in [1.54, 1.807) is 24.3 Å². The molecule has 0 aliphatic carbocycles. The van der Waals surface area contributed by atoms with Crippen LogP contribution in [0.3, 0.4) is 0 Å². The van der Waals surface area contributed by atoms with E-state index in [-0.39, 0.29) is 18.1 Å². The number of para-hydroxylation sites is 2. The summed E-state index contributed by atoms with van der Waals surface area (Å²) >= 11 is 0. The van der Waals surface area contributed by atoms with Crippen molar-refractivity contribution >= 4 is 11.4 Å². The number of aromatic nitrogens is 4. The second kappa shape index (κ2) is 6.04. The number of nitro benzene ring substituents is 1. The van der Waals surface area contributed by atoms with E-state index in [0.29, 0.717) is 16.9 Å². The zero-order chi connectivity index (χ0) is 19.2. The first-order chi connectivity index (χ1) is 12.9. The summed E-state index contributed by atoms with van der Waals surface area (Å²) in [7, 11) is 0. The third kappa shape index (κ3) is 2.86. The molecule has 3 aromatic rings. The minimum absolute atomic E-state index is 0.119. The highest BCUT2D eigenvalue weighted by Gasteiger charge is 2.51. The Labute approximate surface area is 150 Å². The van der Waals surface area contributed by atoms with E-state index in [2.05, 4.69) is 15.5 Å². The molecular weight excluding hydrogens is 365 g/mol. The van der Waals surface area contributed by atoms with Crippen molar-refractivity contribution in [3.63, 3.8) is 0 Å². The molecule has 0 saturated heterocycles. The number of rotatable bonds is 3. The molecule has 27 heavy (non-hydrogen) atoms. The molecule has 0 fully saturated rings. The Hall–Kier alpha value is -3.50. The predicted octanol–water partition coefficient (Wildman–Crippen LogP) is 3.19. The zero-order valence-corrected chi connectivity index (χ0v) is 13.5. The number of halogens is 3. The van der Waals surface area contributed by atoms with Gasteiger partial charge in [0.15, 0.2) is 11.9 Å². The second-order valence-corrected chi connectivity index (χ2v) is 5.93. The van der Waals surface area contributed by atoms with Crippen LogP contribution in [0.25, 0.3) is 5.69 Å². The molecule has 1 atom stereocenters. The summed E-state index contributed by atoms with van der Waals surface area (Å²) in [6, 6.07) is 9.85. The van der Waals surface area contributed by atoms with Crippen molar-refractivity contribution in [3.8, 4) is 5.69 Å². The average Bonchev–Trinajstić information content (AvgIpc) is 3.10. The van der Waals surface area contributed by atoms with Crippen molar-refractivity contribution in [1.82, 2.24) is 20.2 Å². The molecule has 2 heterocycles. The van der Waals surface area contributed by atoms with Crippen LogP contribution in [-0.4, -0.2) is 31.3 Å². The van der Waals surface area contributed by atoms with Gasteiger partial charge in [0.25, 0.3) is 5.69 Å². The Balaban J connectivity index is 1.80. The monoisotopic (exact) mass is 376 g/mol. The summed E-state index contributed by atoms with van der Waals surface area (Å²) in [6.45, 7) is -0.119. The molecule has 1 aromatic heterocycles. The number of fused-ring (bicyclic) bond motifs is 3. The van der Waals surface area contributed by atoms with E-state index < -0.39 is 17.1 Å². The summed E-state index contributed by atoms with van der Waals surface area (Å²) < 4.78 is 42.7. The van der Waals surface area contributed by atoms with Crippen molar-refractivity contribution in [3.05, 3.63) is 70.0 Å². The number of nitro groups is 1. The fourth-order valence-corrected chi connectivity index (χ4v) is 3.12. The van der Waals surface area contributed by atoms with Gasteiger partial charge in [-0.3, -0.25) is 10.1 Å². The zero-order valence-electron chi connectivity index (χ0n) is 13.5. The number of anilines is 1. The van der Waals surface area contributed by atoms with Gasteiger partial charge < -0.3 is 4.90 Å². The molecule has 0 bridgehead atoms. The van der Waals surface area contributed by atoms with Crippen LogP contribution in [0.2, 0.25) is 0 Å². The van der Waals surface area contributed by atoms with Gasteiger partial charge in [-0.2, -0.15) is 17.9 Å². The SMILES string of the molecule is O=[N+]([O-])c1ccc(CN2c3ccccc3-n3nnnc3C2C(F)(F)F)cc1. The first kappa shape index (κ1) is 16.9. The molecule has 8 nitrogen and oxygen atoms in total. The second-order valence-electron chi connectivity index (χ2n) is 5.93. The van der Waals surface area contributed by atoms with Crippen molar-refractivity contribution in [2.45, 2.75) is 18.8 Å². The molecule has 0 N–H and O–H groups in total. The lowest BCUT2D eigenvalue weighted by molar-refractivity contribution is -0.384. The van der Waals surface area contributed by atoms with Crippen LogP contribution in [0.1, 0.15) is 17.4 Å². The van der Waals surface area contributed by atoms with Crippen molar-refractivity contribution < 1.29 is 18.1 Å². The van der Waals surface area contributed by atoms with Crippen LogP contribution in [0.5, 0.6) is 0 Å². The highest BCUT2D eigenvalue weighted by atomic mass is 19.4. The number of alkyl halides is 3. The van der Waals surface area contributed by atoms with Crippen molar-refractivity contribution in [2.24, 2.45) is 0 Å². The number of nitrogens with zero attached hydrogens (tertiary/aromatic N) is 6. The van der Waals surface area contributed by atoms with E-state index >= 15 is 0 Å². The number of benzene rings is 2. The molecule has 0 saturated carbocycles. The number of hydrogen-bond acceptors (Lipinski definition) is 6. The maximum Gasteiger partial charge on any atom is 0.416 e. The molecule has 1 unspecified atom stereocenters. The molecule has 1 aliphatic heterocycles. The van der Waals surface area contributed by atoms with E-state index in [4.69, 9.17) is 0 Å². The van der Waals surface area contributed by atoms with Gasteiger partial charge in [-0.1, -0.05) is 24.3 Å². The van der Waals surface area contributed by atoms with E-state index in [9.17, 15) is 23.3 Å². The van der Waals surface area contributed by atoms with Gasteiger partial charge in [-0.15, -0.1) is 5.10 Å². The Morgan fingerprint density at radius 1 is 1.07 bits per heavy atom. The summed E-state index contributed by atoms with van der Waals surface area (Å²) in [4.78, 5) is 11.4. The highest BCUT2D eigenvalue weighted by molar-refractivity contribution is 5.66. The Kier molecular flexibility index (Phi) is 3.79. The van der Waals surface area contributed by atoms with Crippen LogP contribution in [0.4, 0.5) is 24.5 Å². The summed E-state index contributed by atoms with van der Waals surface area (Å²) in [5.74, 6) is -0.330. The lowest BCUT2D eigenvalue weighted by Crippen LogP contribution is -2.43. The number of hydrogen-bond donors (Lipinski definition) is 0. The normalized spacial score (nSPS) is 16.0. The predicted molar refractivity (Wildman–Crippen MR) is 87.2 cm³/mol. The lowest BCUT2D eigenvalue weighted by Gasteiger charge is -2.38. The number of non-ortho nitro benzene ring substituents is 1. The standard InChI is InChI=1S/C16H11F3N6O2/c17-16(18,19)14-15-20-21-22-24(15)13-4-2-1-3-12(13)23(14)9-10-5-7-11(8-6-10)25(26)27/h1-8,14H,9H2. The van der Waals surface area contributed by atoms with E-state index in [1.807, 2.05) is 0 Å². The van der Waals surface area contributed by atoms with Gasteiger partial charge in [0.05, 0.1) is 16.3 Å². The van der Waals surface area contributed by atoms with E-state index in [0.717, 1.165) is 9.58 Å². The van der Waals surface area contributed by atoms with Crippen LogP contribution in [-0.2, 0) is 6.54 Å². The van der Waals surface area contributed by atoms with Gasteiger partial charge in [-0.25, -0.2) is 0 Å². The van der Waals surface area contributed by atoms with Crippen LogP contribution in [0, 0.1) is 10.1 Å². The smallest absolute Gasteiger partial charge is 0.347 e. The third-order valence-corrected chi connectivity index (χ3v) is 4.28. The maximum atomic E-state index is 13.9. The molecule has 138 valence electrons. The van der Waals surface area contributed by atoms with Crippen LogP contribution in [0.15, 0.2) is 48.5 Å². The molecule has 2 aromatic carbocycles. The van der Waals surface area contributed by atoms with Gasteiger partial charge in [0.2, 0.25) is 0 Å². The maximum absolute atomic E-state index is 13.9. The van der Waals surface area contributed by atoms with E-state index in [1.165, 1.54) is 24.3 Å². The first-order valence-corrected chi connectivity index (χ1v) is 7.80. The van der Waals surface area contributed by atoms with Gasteiger partial charge >= 0.3 is 6.18 Å². The fraction of sp³-hybridized carbons (Fsp3) is 0.188. The highest BCUT2D eigenvalue weighted by Crippen LogP contribution is 2.45. The quantitative estimate of drug-likeness (QED) is 0.515. The Morgan fingerprint density at radius 3 is 2.37 bits per heavy atom. The minimum Gasteiger partial charge on any atom is -0.347 e. The van der Waals surface area contributed by atoms with Crippen molar-refractivity contribution in [2.75, 3.05) is 4.90 Å². The van der Waals surface area contributed by atoms with Crippen molar-refractivity contribution in [1.29, 1.82) is 0 Å². The third-order valence-electron chi connectivity index (χ3n) is 4.28. The molecule has 0 radical (unpaired) electrons. The molecule has 1 aliphatic rings. The molecular formula is C16H11F3N6O2. The molecule has 11 heteroatoms. The summed E-state index contributed by atoms with van der Waals surface area (Å²) in [6.07, 6.45) is -4.62. The van der Waals surface area contributed by atoms with Gasteiger partial charge in [-0.05, 0) is 28.1 Å². The summed E-state index contributed by atoms with van der Waals surface area (Å²) in [5, 5.41) is 21.5. The molecule has 4 rings (SSSR count). The Morgan fingerprint density at radius 2 is 1.74 bits per heavy atom. The van der Waals surface area contributed by atoms with Crippen LogP contribution < -0.4 is 4.90 Å². The largest absolute Gasteiger partial charge is 0.416 e.